The third-order valence-corrected chi connectivity index (χ3v) is 3.59. The molecule has 20 heavy (non-hydrogen) atoms. The molecule has 2 heteroatoms. The number of hydrogen-bond donors (Lipinski definition) is 0. The molecule has 1 heterocycles. The first-order valence-corrected chi connectivity index (χ1v) is 6.59. The van der Waals surface area contributed by atoms with Crippen molar-refractivity contribution in [2.75, 3.05) is 0 Å². The summed E-state index contributed by atoms with van der Waals surface area (Å²) in [5.74, 6) is 0. The quantitative estimate of drug-likeness (QED) is 0.467. The van der Waals surface area contributed by atoms with Crippen LogP contribution in [0.25, 0.3) is 33.1 Å². The van der Waals surface area contributed by atoms with Gasteiger partial charge in [0.15, 0.2) is 0 Å². The van der Waals surface area contributed by atoms with E-state index in [2.05, 4.69) is 18.2 Å². The average Bonchev–Trinajstić information content (AvgIpc) is 2.85. The van der Waals surface area contributed by atoms with Gasteiger partial charge in [0.1, 0.15) is 19.0 Å². The van der Waals surface area contributed by atoms with E-state index in [0.29, 0.717) is 0 Å². The third-order valence-electron chi connectivity index (χ3n) is 3.59. The van der Waals surface area contributed by atoms with E-state index in [1.807, 2.05) is 48.5 Å². The highest BCUT2D eigenvalue weighted by Crippen LogP contribution is 2.35. The van der Waals surface area contributed by atoms with Crippen molar-refractivity contribution in [1.82, 2.24) is 0 Å². The maximum atomic E-state index is 6.02. The predicted octanol–water partition coefficient (Wildman–Crippen LogP) is 4.05. The van der Waals surface area contributed by atoms with Gasteiger partial charge in [0.25, 0.3) is 0 Å². The highest BCUT2D eigenvalue weighted by molar-refractivity contribution is 6.34. The Hall–Kier alpha value is -2.48. The molecule has 0 amide bonds. The summed E-state index contributed by atoms with van der Waals surface area (Å²) >= 11 is 0. The second kappa shape index (κ2) is 4.27. The molecule has 2 radical (unpaired) electrons. The van der Waals surface area contributed by atoms with E-state index in [9.17, 15) is 0 Å². The fourth-order valence-corrected chi connectivity index (χ4v) is 2.72. The summed E-state index contributed by atoms with van der Waals surface area (Å²) in [5, 5.41) is 2.25. The van der Waals surface area contributed by atoms with Crippen molar-refractivity contribution >= 4 is 35.2 Å². The van der Waals surface area contributed by atoms with Gasteiger partial charge in [-0.2, -0.15) is 0 Å². The Bertz CT molecular complexity index is 907. The molecule has 0 bridgehead atoms. The highest BCUT2D eigenvalue weighted by atomic mass is 16.3. The summed E-state index contributed by atoms with van der Waals surface area (Å²) in [6, 6.07) is 22.3. The van der Waals surface area contributed by atoms with Gasteiger partial charge in [0.2, 0.25) is 0 Å². The molecule has 1 aromatic heterocycles. The Kier molecular flexibility index (Phi) is 2.43. The molecular formula is C18H11BO. The van der Waals surface area contributed by atoms with Crippen LogP contribution < -0.4 is 5.46 Å². The standard InChI is InChI=1S/C18H11BO/c19-13-10-15(12-6-2-1-3-7-12)18-14-8-4-5-9-16(14)20-17(18)11-13/h1-11H. The van der Waals surface area contributed by atoms with Crippen LogP contribution in [-0.2, 0) is 0 Å². The molecule has 0 fully saturated rings. The molecule has 0 aliphatic heterocycles. The van der Waals surface area contributed by atoms with Crippen LogP contribution in [0.1, 0.15) is 0 Å². The zero-order chi connectivity index (χ0) is 13.5. The summed E-state index contributed by atoms with van der Waals surface area (Å²) in [4.78, 5) is 0. The fourth-order valence-electron chi connectivity index (χ4n) is 2.72. The first kappa shape index (κ1) is 11.4. The van der Waals surface area contributed by atoms with Crippen molar-refractivity contribution in [2.24, 2.45) is 0 Å². The number of benzene rings is 3. The van der Waals surface area contributed by atoms with E-state index in [0.717, 1.165) is 38.5 Å². The van der Waals surface area contributed by atoms with Crippen LogP contribution in [0.4, 0.5) is 0 Å². The Morgan fingerprint density at radius 3 is 2.35 bits per heavy atom. The summed E-state index contributed by atoms with van der Waals surface area (Å²) in [6.45, 7) is 0. The van der Waals surface area contributed by atoms with Crippen LogP contribution >= 0.6 is 0 Å². The van der Waals surface area contributed by atoms with Crippen molar-refractivity contribution < 1.29 is 4.42 Å². The minimum Gasteiger partial charge on any atom is -0.456 e. The van der Waals surface area contributed by atoms with E-state index >= 15 is 0 Å². The molecule has 92 valence electrons. The number of furan rings is 1. The SMILES string of the molecule is [B]c1cc(-c2ccccc2)c2c(c1)oc1ccccc12. The van der Waals surface area contributed by atoms with E-state index in [1.54, 1.807) is 0 Å². The molecule has 0 aliphatic carbocycles. The lowest BCUT2D eigenvalue weighted by Gasteiger charge is -2.05. The summed E-state index contributed by atoms with van der Waals surface area (Å²) in [6.07, 6.45) is 0. The van der Waals surface area contributed by atoms with Crippen LogP contribution in [0.3, 0.4) is 0 Å². The second-order valence-corrected chi connectivity index (χ2v) is 4.91. The summed E-state index contributed by atoms with van der Waals surface area (Å²) in [7, 11) is 6.02. The maximum absolute atomic E-state index is 6.02. The molecule has 0 saturated carbocycles. The third kappa shape index (κ3) is 1.65. The lowest BCUT2D eigenvalue weighted by molar-refractivity contribution is 0.669. The number of hydrogen-bond acceptors (Lipinski definition) is 1. The van der Waals surface area contributed by atoms with Crippen LogP contribution in [-0.4, -0.2) is 7.85 Å². The second-order valence-electron chi connectivity index (χ2n) is 4.91. The molecule has 0 saturated heterocycles. The maximum Gasteiger partial charge on any atom is 0.135 e. The minimum atomic E-state index is 0.718. The number of fused-ring (bicyclic) bond motifs is 3. The monoisotopic (exact) mass is 254 g/mol. The molecule has 0 spiro atoms. The van der Waals surface area contributed by atoms with Gasteiger partial charge < -0.3 is 4.42 Å². The van der Waals surface area contributed by atoms with Gasteiger partial charge in [-0.3, -0.25) is 0 Å². The van der Waals surface area contributed by atoms with Crippen LogP contribution in [0, 0.1) is 0 Å². The predicted molar refractivity (Wildman–Crippen MR) is 84.5 cm³/mol. The normalized spacial score (nSPS) is 11.2. The number of rotatable bonds is 1. The van der Waals surface area contributed by atoms with E-state index in [4.69, 9.17) is 12.3 Å². The van der Waals surface area contributed by atoms with Crippen LogP contribution in [0.5, 0.6) is 0 Å². The van der Waals surface area contributed by atoms with Crippen molar-refractivity contribution in [1.29, 1.82) is 0 Å². The Labute approximate surface area is 118 Å². The van der Waals surface area contributed by atoms with E-state index in [-0.39, 0.29) is 0 Å². The lowest BCUT2D eigenvalue weighted by Crippen LogP contribution is -2.01. The zero-order valence-electron chi connectivity index (χ0n) is 10.8. The van der Waals surface area contributed by atoms with Crippen molar-refractivity contribution in [3.63, 3.8) is 0 Å². The molecule has 3 aromatic carbocycles. The molecule has 0 unspecified atom stereocenters. The average molecular weight is 254 g/mol. The van der Waals surface area contributed by atoms with Gasteiger partial charge in [0.05, 0.1) is 0 Å². The minimum absolute atomic E-state index is 0.718. The van der Waals surface area contributed by atoms with Crippen LogP contribution in [0.2, 0.25) is 0 Å². The van der Waals surface area contributed by atoms with Gasteiger partial charge in [-0.05, 0) is 23.3 Å². The Balaban J connectivity index is 2.19. The molecule has 4 aromatic rings. The molecule has 1 nitrogen and oxygen atoms in total. The Morgan fingerprint density at radius 1 is 0.750 bits per heavy atom. The Morgan fingerprint density at radius 2 is 1.50 bits per heavy atom. The van der Waals surface area contributed by atoms with E-state index in [1.165, 1.54) is 0 Å². The lowest BCUT2D eigenvalue weighted by atomic mass is 9.89. The molecule has 0 aliphatic rings. The van der Waals surface area contributed by atoms with Crippen LogP contribution in [0.15, 0.2) is 71.1 Å². The molecular weight excluding hydrogens is 243 g/mol. The fraction of sp³-hybridized carbons (Fsp3) is 0. The largest absolute Gasteiger partial charge is 0.456 e. The van der Waals surface area contributed by atoms with Crippen molar-refractivity contribution in [3.8, 4) is 11.1 Å². The van der Waals surface area contributed by atoms with Crippen molar-refractivity contribution in [3.05, 3.63) is 66.7 Å². The van der Waals surface area contributed by atoms with Gasteiger partial charge >= 0.3 is 0 Å². The topological polar surface area (TPSA) is 13.1 Å². The van der Waals surface area contributed by atoms with Gasteiger partial charge in [-0.15, -0.1) is 0 Å². The molecule has 0 atom stereocenters. The first-order valence-electron chi connectivity index (χ1n) is 6.59. The molecule has 4 rings (SSSR count). The molecule has 0 N–H and O–H groups in total. The van der Waals surface area contributed by atoms with Gasteiger partial charge in [-0.1, -0.05) is 60.1 Å². The van der Waals surface area contributed by atoms with Gasteiger partial charge in [-0.25, -0.2) is 0 Å². The summed E-state index contributed by atoms with van der Waals surface area (Å²) < 4.78 is 5.92. The summed E-state index contributed by atoms with van der Waals surface area (Å²) in [5.41, 5.74) is 4.72. The van der Waals surface area contributed by atoms with Crippen molar-refractivity contribution in [2.45, 2.75) is 0 Å². The number of para-hydroxylation sites is 1. The van der Waals surface area contributed by atoms with Gasteiger partial charge in [0, 0.05) is 10.8 Å². The zero-order valence-corrected chi connectivity index (χ0v) is 10.8. The first-order chi connectivity index (χ1) is 9.83. The van der Waals surface area contributed by atoms with E-state index < -0.39 is 0 Å². The highest BCUT2D eigenvalue weighted by Gasteiger charge is 2.12. The smallest absolute Gasteiger partial charge is 0.135 e.